The smallest absolute Gasteiger partial charge is 0.255 e. The van der Waals surface area contributed by atoms with Gasteiger partial charge in [0.25, 0.3) is 5.91 Å². The first kappa shape index (κ1) is 14.9. The third-order valence-corrected chi connectivity index (χ3v) is 4.11. The van der Waals surface area contributed by atoms with Gasteiger partial charge in [0.05, 0.1) is 10.6 Å². The standard InChI is InChI=1S/C16H21ClN2O/c1-3-11-18-15(20)14-12(17)7-6-8-13(14)19-16(2)9-4-5-10-16/h3,6-8,19H,1,4-5,9-11H2,2H3,(H,18,20). The van der Waals surface area contributed by atoms with Crippen molar-refractivity contribution in [2.45, 2.75) is 38.1 Å². The van der Waals surface area contributed by atoms with Crippen LogP contribution in [-0.2, 0) is 0 Å². The molecule has 1 aliphatic rings. The summed E-state index contributed by atoms with van der Waals surface area (Å²) < 4.78 is 0. The molecular formula is C16H21ClN2O. The summed E-state index contributed by atoms with van der Waals surface area (Å²) in [4.78, 5) is 12.2. The van der Waals surface area contributed by atoms with Gasteiger partial charge in [0, 0.05) is 17.8 Å². The lowest BCUT2D eigenvalue weighted by Gasteiger charge is -2.28. The van der Waals surface area contributed by atoms with Crippen molar-refractivity contribution in [2.24, 2.45) is 0 Å². The Labute approximate surface area is 125 Å². The minimum absolute atomic E-state index is 0.0537. The minimum Gasteiger partial charge on any atom is -0.379 e. The molecule has 1 saturated carbocycles. The number of anilines is 1. The summed E-state index contributed by atoms with van der Waals surface area (Å²) in [6.45, 7) is 6.23. The third-order valence-electron chi connectivity index (χ3n) is 3.79. The summed E-state index contributed by atoms with van der Waals surface area (Å²) in [6, 6.07) is 5.53. The number of benzene rings is 1. The molecule has 1 fully saturated rings. The van der Waals surface area contributed by atoms with Crippen LogP contribution in [0.1, 0.15) is 43.0 Å². The van der Waals surface area contributed by atoms with Crippen LogP contribution in [0.3, 0.4) is 0 Å². The summed E-state index contributed by atoms with van der Waals surface area (Å²) in [6.07, 6.45) is 6.34. The van der Waals surface area contributed by atoms with E-state index in [-0.39, 0.29) is 11.4 Å². The van der Waals surface area contributed by atoms with Crippen LogP contribution >= 0.6 is 11.6 Å². The van der Waals surface area contributed by atoms with Crippen molar-refractivity contribution in [2.75, 3.05) is 11.9 Å². The maximum Gasteiger partial charge on any atom is 0.255 e. The molecule has 1 amide bonds. The Kier molecular flexibility index (Phi) is 4.71. The molecule has 1 aromatic rings. The maximum atomic E-state index is 12.2. The van der Waals surface area contributed by atoms with Gasteiger partial charge in [0.2, 0.25) is 0 Å². The normalized spacial score (nSPS) is 16.7. The Balaban J connectivity index is 2.26. The SMILES string of the molecule is C=CCNC(=O)c1c(Cl)cccc1NC1(C)CCCC1. The number of carbonyl (C=O) groups is 1. The van der Waals surface area contributed by atoms with E-state index >= 15 is 0 Å². The third kappa shape index (κ3) is 3.34. The Morgan fingerprint density at radius 3 is 2.80 bits per heavy atom. The Morgan fingerprint density at radius 2 is 2.15 bits per heavy atom. The first-order chi connectivity index (χ1) is 9.56. The number of hydrogen-bond acceptors (Lipinski definition) is 2. The molecule has 0 aliphatic heterocycles. The van der Waals surface area contributed by atoms with Crippen LogP contribution in [0.25, 0.3) is 0 Å². The van der Waals surface area contributed by atoms with Crippen molar-refractivity contribution in [3.8, 4) is 0 Å². The predicted molar refractivity (Wildman–Crippen MR) is 84.5 cm³/mol. The maximum absolute atomic E-state index is 12.2. The van der Waals surface area contributed by atoms with Gasteiger partial charge in [-0.15, -0.1) is 6.58 Å². The molecule has 3 nitrogen and oxygen atoms in total. The molecule has 2 rings (SSSR count). The second-order valence-corrected chi connectivity index (χ2v) is 5.96. The van der Waals surface area contributed by atoms with E-state index in [9.17, 15) is 4.79 Å². The lowest BCUT2D eigenvalue weighted by atomic mass is 9.99. The summed E-state index contributed by atoms with van der Waals surface area (Å²) >= 11 is 6.21. The number of rotatable bonds is 5. The number of nitrogens with one attached hydrogen (secondary N) is 2. The molecule has 0 spiro atoms. The number of hydrogen-bond donors (Lipinski definition) is 2. The highest BCUT2D eigenvalue weighted by atomic mass is 35.5. The van der Waals surface area contributed by atoms with Gasteiger partial charge in [-0.2, -0.15) is 0 Å². The summed E-state index contributed by atoms with van der Waals surface area (Å²) in [7, 11) is 0. The average Bonchev–Trinajstić information content (AvgIpc) is 2.82. The van der Waals surface area contributed by atoms with E-state index in [0.29, 0.717) is 17.1 Å². The fraction of sp³-hybridized carbons (Fsp3) is 0.438. The molecule has 1 aromatic carbocycles. The van der Waals surface area contributed by atoms with Gasteiger partial charge >= 0.3 is 0 Å². The van der Waals surface area contributed by atoms with Crippen molar-refractivity contribution in [3.63, 3.8) is 0 Å². The second kappa shape index (κ2) is 6.31. The van der Waals surface area contributed by atoms with Crippen LogP contribution in [0, 0.1) is 0 Å². The Bertz CT molecular complexity index is 507. The van der Waals surface area contributed by atoms with Gasteiger partial charge < -0.3 is 10.6 Å². The van der Waals surface area contributed by atoms with Gasteiger partial charge in [0.1, 0.15) is 0 Å². The first-order valence-corrected chi connectivity index (χ1v) is 7.39. The first-order valence-electron chi connectivity index (χ1n) is 7.01. The summed E-state index contributed by atoms with van der Waals surface area (Å²) in [5.74, 6) is -0.167. The molecule has 4 heteroatoms. The van der Waals surface area contributed by atoms with Crippen molar-refractivity contribution in [1.82, 2.24) is 5.32 Å². The fourth-order valence-corrected chi connectivity index (χ4v) is 2.98. The number of halogens is 1. The molecule has 0 heterocycles. The molecule has 0 bridgehead atoms. The minimum atomic E-state index is -0.167. The van der Waals surface area contributed by atoms with Crippen molar-refractivity contribution < 1.29 is 4.79 Å². The van der Waals surface area contributed by atoms with E-state index in [1.165, 1.54) is 12.8 Å². The van der Waals surface area contributed by atoms with E-state index in [1.54, 1.807) is 12.1 Å². The lowest BCUT2D eigenvalue weighted by Crippen LogP contribution is -2.33. The molecule has 0 aromatic heterocycles. The van der Waals surface area contributed by atoms with Gasteiger partial charge in [-0.3, -0.25) is 4.79 Å². The van der Waals surface area contributed by atoms with Crippen LogP contribution in [-0.4, -0.2) is 18.0 Å². The zero-order valence-electron chi connectivity index (χ0n) is 11.8. The molecule has 0 radical (unpaired) electrons. The highest BCUT2D eigenvalue weighted by molar-refractivity contribution is 6.34. The van der Waals surface area contributed by atoms with Crippen molar-refractivity contribution in [3.05, 3.63) is 41.4 Å². The summed E-state index contributed by atoms with van der Waals surface area (Å²) in [5, 5.41) is 6.77. The summed E-state index contributed by atoms with van der Waals surface area (Å²) in [5.41, 5.74) is 1.38. The van der Waals surface area contributed by atoms with Crippen molar-refractivity contribution >= 4 is 23.2 Å². The van der Waals surface area contributed by atoms with Crippen LogP contribution in [0.4, 0.5) is 5.69 Å². The Morgan fingerprint density at radius 1 is 1.45 bits per heavy atom. The molecular weight excluding hydrogens is 272 g/mol. The molecule has 2 N–H and O–H groups in total. The second-order valence-electron chi connectivity index (χ2n) is 5.55. The zero-order chi connectivity index (χ0) is 14.6. The zero-order valence-corrected chi connectivity index (χ0v) is 12.6. The van der Waals surface area contributed by atoms with Gasteiger partial charge in [-0.1, -0.05) is 36.6 Å². The lowest BCUT2D eigenvalue weighted by molar-refractivity contribution is 0.0959. The van der Waals surface area contributed by atoms with E-state index in [2.05, 4.69) is 24.1 Å². The number of amides is 1. The van der Waals surface area contributed by atoms with Crippen LogP contribution in [0.15, 0.2) is 30.9 Å². The highest BCUT2D eigenvalue weighted by Gasteiger charge is 2.29. The van der Waals surface area contributed by atoms with Gasteiger partial charge in [0.15, 0.2) is 0 Å². The largest absolute Gasteiger partial charge is 0.379 e. The average molecular weight is 293 g/mol. The van der Waals surface area contributed by atoms with Gasteiger partial charge in [-0.05, 0) is 31.9 Å². The van der Waals surface area contributed by atoms with E-state index in [0.717, 1.165) is 18.5 Å². The molecule has 20 heavy (non-hydrogen) atoms. The van der Waals surface area contributed by atoms with Crippen LogP contribution in [0.5, 0.6) is 0 Å². The molecule has 1 aliphatic carbocycles. The van der Waals surface area contributed by atoms with Crippen molar-refractivity contribution in [1.29, 1.82) is 0 Å². The van der Waals surface area contributed by atoms with Crippen LogP contribution in [0.2, 0.25) is 5.02 Å². The fourth-order valence-electron chi connectivity index (χ4n) is 2.72. The van der Waals surface area contributed by atoms with E-state index < -0.39 is 0 Å². The highest BCUT2D eigenvalue weighted by Crippen LogP contribution is 2.35. The quantitative estimate of drug-likeness (QED) is 0.805. The molecule has 0 saturated heterocycles. The van der Waals surface area contributed by atoms with E-state index in [1.807, 2.05) is 12.1 Å². The number of carbonyl (C=O) groups excluding carboxylic acids is 1. The van der Waals surface area contributed by atoms with E-state index in [4.69, 9.17) is 11.6 Å². The molecule has 108 valence electrons. The van der Waals surface area contributed by atoms with Crippen LogP contribution < -0.4 is 10.6 Å². The monoisotopic (exact) mass is 292 g/mol. The topological polar surface area (TPSA) is 41.1 Å². The molecule has 0 unspecified atom stereocenters. The Hall–Kier alpha value is -1.48. The van der Waals surface area contributed by atoms with Gasteiger partial charge in [-0.25, -0.2) is 0 Å². The predicted octanol–water partition coefficient (Wildman–Crippen LogP) is 4.00. The molecule has 0 atom stereocenters.